The van der Waals surface area contributed by atoms with Gasteiger partial charge in [0.25, 0.3) is 0 Å². The van der Waals surface area contributed by atoms with Gasteiger partial charge in [0, 0.05) is 19.6 Å². The normalized spacial score (nSPS) is 26.8. The largest absolute Gasteiger partial charge is 0.378 e. The molecule has 0 saturated carbocycles. The van der Waals surface area contributed by atoms with Crippen molar-refractivity contribution in [2.45, 2.75) is 58.7 Å². The van der Waals surface area contributed by atoms with Gasteiger partial charge in [0.1, 0.15) is 0 Å². The van der Waals surface area contributed by atoms with Gasteiger partial charge >= 0.3 is 0 Å². The van der Waals surface area contributed by atoms with E-state index in [4.69, 9.17) is 9.47 Å². The molecule has 0 aromatic rings. The Morgan fingerprint density at radius 1 is 1.43 bits per heavy atom. The van der Waals surface area contributed by atoms with Crippen LogP contribution >= 0.6 is 0 Å². The molecule has 0 aromatic carbocycles. The van der Waals surface area contributed by atoms with E-state index < -0.39 is 0 Å². The van der Waals surface area contributed by atoms with Gasteiger partial charge in [0.2, 0.25) is 0 Å². The third-order valence-corrected chi connectivity index (χ3v) is 2.70. The molecular formula is C12H24O2. The van der Waals surface area contributed by atoms with Gasteiger partial charge in [-0.2, -0.15) is 0 Å². The first-order valence-corrected chi connectivity index (χ1v) is 5.75. The van der Waals surface area contributed by atoms with Crippen LogP contribution in [0.2, 0.25) is 0 Å². The maximum Gasteiger partial charge on any atom is 0.0651 e. The van der Waals surface area contributed by atoms with Crippen molar-refractivity contribution in [3.63, 3.8) is 0 Å². The maximum atomic E-state index is 5.85. The molecule has 1 saturated heterocycles. The average molecular weight is 200 g/mol. The molecule has 0 amide bonds. The Bertz CT molecular complexity index is 164. The van der Waals surface area contributed by atoms with E-state index in [0.717, 1.165) is 38.4 Å². The van der Waals surface area contributed by atoms with Crippen molar-refractivity contribution in [3.05, 3.63) is 0 Å². The van der Waals surface area contributed by atoms with Gasteiger partial charge in [0.05, 0.1) is 11.7 Å². The summed E-state index contributed by atoms with van der Waals surface area (Å²) >= 11 is 0. The highest BCUT2D eigenvalue weighted by atomic mass is 16.5. The molecule has 0 radical (unpaired) electrons. The molecule has 1 rings (SSSR count). The molecule has 0 N–H and O–H groups in total. The summed E-state index contributed by atoms with van der Waals surface area (Å²) in [5, 5.41) is 0. The van der Waals surface area contributed by atoms with Crippen LogP contribution in [0, 0.1) is 5.92 Å². The first-order chi connectivity index (χ1) is 6.49. The van der Waals surface area contributed by atoms with Gasteiger partial charge < -0.3 is 9.47 Å². The molecule has 1 aliphatic heterocycles. The van der Waals surface area contributed by atoms with Crippen molar-refractivity contribution < 1.29 is 9.47 Å². The first-order valence-electron chi connectivity index (χ1n) is 5.75. The molecule has 0 aliphatic carbocycles. The Labute approximate surface area is 88.0 Å². The van der Waals surface area contributed by atoms with Gasteiger partial charge in [-0.15, -0.1) is 0 Å². The summed E-state index contributed by atoms with van der Waals surface area (Å²) in [6.07, 6.45) is 3.67. The summed E-state index contributed by atoms with van der Waals surface area (Å²) in [7, 11) is 0. The molecular weight excluding hydrogens is 176 g/mol. The second-order valence-electron chi connectivity index (χ2n) is 5.28. The summed E-state index contributed by atoms with van der Waals surface area (Å²) in [4.78, 5) is 0. The van der Waals surface area contributed by atoms with E-state index in [1.54, 1.807) is 0 Å². The van der Waals surface area contributed by atoms with Crippen LogP contribution in [0.5, 0.6) is 0 Å². The quantitative estimate of drug-likeness (QED) is 0.694. The third-order valence-electron chi connectivity index (χ3n) is 2.70. The van der Waals surface area contributed by atoms with Crippen molar-refractivity contribution in [2.24, 2.45) is 5.92 Å². The minimum absolute atomic E-state index is 0.0146. The Morgan fingerprint density at radius 3 is 2.71 bits per heavy atom. The summed E-state index contributed by atoms with van der Waals surface area (Å²) < 4.78 is 11.5. The highest BCUT2D eigenvalue weighted by Gasteiger charge is 2.29. The molecule has 2 heteroatoms. The van der Waals surface area contributed by atoms with Crippen molar-refractivity contribution >= 4 is 0 Å². The fourth-order valence-corrected chi connectivity index (χ4v) is 1.79. The van der Waals surface area contributed by atoms with Crippen molar-refractivity contribution in [1.82, 2.24) is 0 Å². The van der Waals surface area contributed by atoms with Crippen LogP contribution in [-0.2, 0) is 9.47 Å². The number of hydrogen-bond acceptors (Lipinski definition) is 2. The van der Waals surface area contributed by atoms with E-state index in [1.165, 1.54) is 0 Å². The zero-order valence-corrected chi connectivity index (χ0v) is 10.0. The molecule has 84 valence electrons. The predicted molar refractivity (Wildman–Crippen MR) is 58.5 cm³/mol. The van der Waals surface area contributed by atoms with Crippen LogP contribution in [0.15, 0.2) is 0 Å². The Balaban J connectivity index is 2.18. The van der Waals surface area contributed by atoms with Crippen LogP contribution in [0.3, 0.4) is 0 Å². The molecule has 0 spiro atoms. The molecule has 2 nitrogen and oxygen atoms in total. The number of hydrogen-bond donors (Lipinski definition) is 0. The molecule has 0 aromatic heterocycles. The van der Waals surface area contributed by atoms with Gasteiger partial charge in [-0.1, -0.05) is 13.8 Å². The summed E-state index contributed by atoms with van der Waals surface area (Å²) in [6, 6.07) is 0. The molecule has 0 unspecified atom stereocenters. The van der Waals surface area contributed by atoms with Crippen molar-refractivity contribution in [3.8, 4) is 0 Å². The van der Waals surface area contributed by atoms with Crippen LogP contribution in [0.4, 0.5) is 0 Å². The van der Waals surface area contributed by atoms with Gasteiger partial charge in [0.15, 0.2) is 0 Å². The highest BCUT2D eigenvalue weighted by Crippen LogP contribution is 2.26. The van der Waals surface area contributed by atoms with Crippen LogP contribution in [0.25, 0.3) is 0 Å². The lowest BCUT2D eigenvalue weighted by Crippen LogP contribution is -2.38. The third kappa shape index (κ3) is 4.43. The first kappa shape index (κ1) is 12.0. The lowest BCUT2D eigenvalue weighted by molar-refractivity contribution is -0.116. The fraction of sp³-hybridized carbons (Fsp3) is 1.00. The number of ether oxygens (including phenoxy) is 2. The number of rotatable bonds is 4. The van der Waals surface area contributed by atoms with Gasteiger partial charge in [-0.25, -0.2) is 0 Å². The molecule has 1 heterocycles. The molecule has 0 bridgehead atoms. The zero-order chi connectivity index (χ0) is 10.6. The van der Waals surface area contributed by atoms with E-state index in [2.05, 4.69) is 27.7 Å². The average Bonchev–Trinajstić information content (AvgIpc) is 2.01. The molecule has 1 atom stereocenters. The summed E-state index contributed by atoms with van der Waals surface area (Å²) in [6.45, 7) is 10.5. The van der Waals surface area contributed by atoms with E-state index in [1.807, 2.05) is 0 Å². The van der Waals surface area contributed by atoms with Gasteiger partial charge in [-0.05, 0) is 32.6 Å². The van der Waals surface area contributed by atoms with Gasteiger partial charge in [-0.3, -0.25) is 0 Å². The standard InChI is InChI=1S/C12H24O2/c1-10(2)5-7-13-11-6-8-14-12(3,4)9-11/h10-11H,5-9H2,1-4H3/t11-/m0/s1. The van der Waals surface area contributed by atoms with E-state index in [-0.39, 0.29) is 5.60 Å². The van der Waals surface area contributed by atoms with Crippen molar-refractivity contribution in [2.75, 3.05) is 13.2 Å². The van der Waals surface area contributed by atoms with Crippen LogP contribution < -0.4 is 0 Å². The predicted octanol–water partition coefficient (Wildman–Crippen LogP) is 3.01. The monoisotopic (exact) mass is 200 g/mol. The highest BCUT2D eigenvalue weighted by molar-refractivity contribution is 4.79. The smallest absolute Gasteiger partial charge is 0.0651 e. The Kier molecular flexibility index (Phi) is 4.39. The summed E-state index contributed by atoms with van der Waals surface area (Å²) in [5.74, 6) is 0.739. The second kappa shape index (κ2) is 5.13. The van der Waals surface area contributed by atoms with Crippen molar-refractivity contribution in [1.29, 1.82) is 0 Å². The topological polar surface area (TPSA) is 18.5 Å². The minimum atomic E-state index is 0.0146. The van der Waals surface area contributed by atoms with E-state index in [9.17, 15) is 0 Å². The van der Waals surface area contributed by atoms with Crippen LogP contribution in [-0.4, -0.2) is 24.9 Å². The lowest BCUT2D eigenvalue weighted by atomic mass is 9.96. The minimum Gasteiger partial charge on any atom is -0.378 e. The summed E-state index contributed by atoms with van der Waals surface area (Å²) in [5.41, 5.74) is 0.0146. The maximum absolute atomic E-state index is 5.85. The zero-order valence-electron chi connectivity index (χ0n) is 10.0. The fourth-order valence-electron chi connectivity index (χ4n) is 1.79. The van der Waals surface area contributed by atoms with E-state index >= 15 is 0 Å². The molecule has 14 heavy (non-hydrogen) atoms. The Morgan fingerprint density at radius 2 is 2.14 bits per heavy atom. The second-order valence-corrected chi connectivity index (χ2v) is 5.28. The van der Waals surface area contributed by atoms with Crippen LogP contribution in [0.1, 0.15) is 47.0 Å². The SMILES string of the molecule is CC(C)CCO[C@H]1CCOC(C)(C)C1. The lowest BCUT2D eigenvalue weighted by Gasteiger charge is -2.35. The molecule has 1 fully saturated rings. The molecule has 1 aliphatic rings. The van der Waals surface area contributed by atoms with E-state index in [0.29, 0.717) is 6.10 Å². The Hall–Kier alpha value is -0.0800.